The molecule has 0 spiro atoms. The maximum atomic E-state index is 10.2. The van der Waals surface area contributed by atoms with E-state index in [9.17, 15) is 5.11 Å². The summed E-state index contributed by atoms with van der Waals surface area (Å²) in [6.07, 6.45) is 2.80. The lowest BCUT2D eigenvalue weighted by atomic mass is 9.88. The first-order valence-electron chi connectivity index (χ1n) is 8.38. The largest absolute Gasteiger partial charge is 0.491 e. The van der Waals surface area contributed by atoms with Crippen LogP contribution in [0.2, 0.25) is 0 Å². The summed E-state index contributed by atoms with van der Waals surface area (Å²) in [4.78, 5) is 0. The van der Waals surface area contributed by atoms with Crippen LogP contribution in [0, 0.1) is 11.3 Å². The van der Waals surface area contributed by atoms with Gasteiger partial charge < -0.3 is 15.2 Å². The van der Waals surface area contributed by atoms with Crippen molar-refractivity contribution in [3.63, 3.8) is 0 Å². The number of nitriles is 1. The number of rotatable bonds is 6. The Morgan fingerprint density at radius 2 is 2.08 bits per heavy atom. The number of benzene rings is 2. The SMILES string of the molecule is Cl.N#Cc1cccc(OCC(O)CNC2CCCc3ccccc32)c1. The highest BCUT2D eigenvalue weighted by molar-refractivity contribution is 5.85. The molecule has 5 heteroatoms. The van der Waals surface area contributed by atoms with Crippen LogP contribution < -0.4 is 10.1 Å². The molecular formula is C20H23ClN2O2. The third-order valence-electron chi connectivity index (χ3n) is 4.37. The van der Waals surface area contributed by atoms with Gasteiger partial charge >= 0.3 is 0 Å². The van der Waals surface area contributed by atoms with E-state index < -0.39 is 6.10 Å². The van der Waals surface area contributed by atoms with Crippen LogP contribution in [-0.4, -0.2) is 24.4 Å². The number of nitrogens with zero attached hydrogens (tertiary/aromatic N) is 1. The summed E-state index contributed by atoms with van der Waals surface area (Å²) in [5, 5.41) is 22.5. The van der Waals surface area contributed by atoms with Crippen LogP contribution in [0.3, 0.4) is 0 Å². The number of aliphatic hydroxyl groups excluding tert-OH is 1. The molecule has 3 rings (SSSR count). The number of fused-ring (bicyclic) bond motifs is 1. The van der Waals surface area contributed by atoms with Crippen molar-refractivity contribution in [1.29, 1.82) is 5.26 Å². The van der Waals surface area contributed by atoms with Crippen LogP contribution in [0.1, 0.15) is 35.6 Å². The van der Waals surface area contributed by atoms with Gasteiger partial charge in [-0.25, -0.2) is 0 Å². The van der Waals surface area contributed by atoms with Gasteiger partial charge in [0.05, 0.1) is 11.6 Å². The minimum Gasteiger partial charge on any atom is -0.491 e. The van der Waals surface area contributed by atoms with Crippen molar-refractivity contribution in [3.8, 4) is 11.8 Å². The van der Waals surface area contributed by atoms with Gasteiger partial charge in [-0.2, -0.15) is 5.26 Å². The third-order valence-corrected chi connectivity index (χ3v) is 4.37. The van der Waals surface area contributed by atoms with Crippen molar-refractivity contribution in [2.75, 3.05) is 13.2 Å². The monoisotopic (exact) mass is 358 g/mol. The number of halogens is 1. The van der Waals surface area contributed by atoms with Crippen LogP contribution in [0.15, 0.2) is 48.5 Å². The van der Waals surface area contributed by atoms with Gasteiger partial charge in [-0.1, -0.05) is 30.3 Å². The van der Waals surface area contributed by atoms with Gasteiger partial charge in [0.25, 0.3) is 0 Å². The number of hydrogen-bond acceptors (Lipinski definition) is 4. The fraction of sp³-hybridized carbons (Fsp3) is 0.350. The number of hydrogen-bond donors (Lipinski definition) is 2. The predicted molar refractivity (Wildman–Crippen MR) is 100 cm³/mol. The summed E-state index contributed by atoms with van der Waals surface area (Å²) in [6, 6.07) is 17.9. The van der Waals surface area contributed by atoms with Gasteiger partial charge in [0, 0.05) is 12.6 Å². The van der Waals surface area contributed by atoms with Gasteiger partial charge in [0.15, 0.2) is 0 Å². The van der Waals surface area contributed by atoms with Crippen molar-refractivity contribution in [3.05, 3.63) is 65.2 Å². The van der Waals surface area contributed by atoms with Gasteiger partial charge in [-0.05, 0) is 48.6 Å². The summed E-state index contributed by atoms with van der Waals surface area (Å²) in [7, 11) is 0. The van der Waals surface area contributed by atoms with Crippen LogP contribution in [0.25, 0.3) is 0 Å². The molecule has 0 bridgehead atoms. The molecule has 0 aliphatic heterocycles. The minimum atomic E-state index is -0.593. The normalized spacial score (nSPS) is 16.9. The van der Waals surface area contributed by atoms with Crippen LogP contribution in [-0.2, 0) is 6.42 Å². The zero-order chi connectivity index (χ0) is 16.8. The Hall–Kier alpha value is -2.06. The van der Waals surface area contributed by atoms with Crippen molar-refractivity contribution in [2.24, 2.45) is 0 Å². The topological polar surface area (TPSA) is 65.3 Å². The Balaban J connectivity index is 0.00000225. The molecule has 0 amide bonds. The fourth-order valence-corrected chi connectivity index (χ4v) is 3.15. The summed E-state index contributed by atoms with van der Waals surface area (Å²) >= 11 is 0. The first kappa shape index (κ1) is 19.3. The lowest BCUT2D eigenvalue weighted by molar-refractivity contribution is 0.103. The second kappa shape index (κ2) is 9.43. The van der Waals surface area contributed by atoms with Crippen molar-refractivity contribution < 1.29 is 9.84 Å². The van der Waals surface area contributed by atoms with E-state index in [2.05, 4.69) is 35.7 Å². The lowest BCUT2D eigenvalue weighted by Crippen LogP contribution is -2.35. The molecule has 0 aromatic heterocycles. The first-order valence-corrected chi connectivity index (χ1v) is 8.38. The van der Waals surface area contributed by atoms with E-state index in [1.807, 2.05) is 0 Å². The van der Waals surface area contributed by atoms with E-state index >= 15 is 0 Å². The highest BCUT2D eigenvalue weighted by atomic mass is 35.5. The average molecular weight is 359 g/mol. The quantitative estimate of drug-likeness (QED) is 0.830. The van der Waals surface area contributed by atoms with Gasteiger partial charge in [-0.15, -0.1) is 12.4 Å². The summed E-state index contributed by atoms with van der Waals surface area (Å²) < 4.78 is 5.58. The molecule has 4 nitrogen and oxygen atoms in total. The first-order chi connectivity index (χ1) is 11.8. The summed E-state index contributed by atoms with van der Waals surface area (Å²) in [5.74, 6) is 0.608. The van der Waals surface area contributed by atoms with Crippen LogP contribution in [0.5, 0.6) is 5.75 Å². The van der Waals surface area contributed by atoms with Crippen LogP contribution >= 0.6 is 12.4 Å². The fourth-order valence-electron chi connectivity index (χ4n) is 3.15. The molecule has 0 radical (unpaired) electrons. The van der Waals surface area contributed by atoms with E-state index in [0.29, 0.717) is 23.9 Å². The number of aryl methyl sites for hydroxylation is 1. The van der Waals surface area contributed by atoms with Crippen molar-refractivity contribution in [1.82, 2.24) is 5.32 Å². The maximum Gasteiger partial charge on any atom is 0.120 e. The molecule has 0 heterocycles. The highest BCUT2D eigenvalue weighted by Gasteiger charge is 2.20. The molecule has 1 aliphatic rings. The van der Waals surface area contributed by atoms with Crippen molar-refractivity contribution >= 4 is 12.4 Å². The summed E-state index contributed by atoms with van der Waals surface area (Å²) in [5.41, 5.74) is 3.30. The third kappa shape index (κ3) is 5.20. The van der Waals surface area contributed by atoms with E-state index in [0.717, 1.165) is 12.8 Å². The molecule has 2 aromatic rings. The van der Waals surface area contributed by atoms with Crippen molar-refractivity contribution in [2.45, 2.75) is 31.4 Å². The van der Waals surface area contributed by atoms with E-state index in [-0.39, 0.29) is 19.0 Å². The molecule has 1 aliphatic carbocycles. The maximum absolute atomic E-state index is 10.2. The van der Waals surface area contributed by atoms with Gasteiger partial charge in [0.2, 0.25) is 0 Å². The Kier molecular flexibility index (Phi) is 7.27. The molecule has 0 saturated heterocycles. The second-order valence-electron chi connectivity index (χ2n) is 6.16. The number of nitrogens with one attached hydrogen (secondary N) is 1. The van der Waals surface area contributed by atoms with Gasteiger partial charge in [-0.3, -0.25) is 0 Å². The van der Waals surface area contributed by atoms with E-state index in [4.69, 9.17) is 10.00 Å². The van der Waals surface area contributed by atoms with E-state index in [1.54, 1.807) is 24.3 Å². The number of aliphatic hydroxyl groups is 1. The Bertz CT molecular complexity index is 730. The zero-order valence-electron chi connectivity index (χ0n) is 14.0. The molecule has 0 saturated carbocycles. The highest BCUT2D eigenvalue weighted by Crippen LogP contribution is 2.29. The molecule has 0 fully saturated rings. The Morgan fingerprint density at radius 3 is 2.92 bits per heavy atom. The predicted octanol–water partition coefficient (Wildman–Crippen LogP) is 3.39. The van der Waals surface area contributed by atoms with Gasteiger partial charge in [0.1, 0.15) is 18.5 Å². The zero-order valence-corrected chi connectivity index (χ0v) is 14.8. The van der Waals surface area contributed by atoms with E-state index in [1.165, 1.54) is 17.5 Å². The molecular weight excluding hydrogens is 336 g/mol. The molecule has 2 atom stereocenters. The minimum absolute atomic E-state index is 0. The molecule has 132 valence electrons. The molecule has 2 N–H and O–H groups in total. The Morgan fingerprint density at radius 1 is 1.24 bits per heavy atom. The molecule has 25 heavy (non-hydrogen) atoms. The molecule has 2 aromatic carbocycles. The number of ether oxygens (including phenoxy) is 1. The van der Waals surface area contributed by atoms with Crippen LogP contribution in [0.4, 0.5) is 0 Å². The lowest BCUT2D eigenvalue weighted by Gasteiger charge is -2.27. The second-order valence-corrected chi connectivity index (χ2v) is 6.16. The Labute approximate surface area is 154 Å². The standard InChI is InChI=1S/C20H22N2O2.ClH/c21-12-15-5-3-8-18(11-15)24-14-17(23)13-22-20-10-4-7-16-6-1-2-9-19(16)20;/h1-3,5-6,8-9,11,17,20,22-23H,4,7,10,13-14H2;1H. The molecule has 2 unspecified atom stereocenters. The smallest absolute Gasteiger partial charge is 0.120 e. The summed E-state index contributed by atoms with van der Waals surface area (Å²) in [6.45, 7) is 0.688. The average Bonchev–Trinajstić information content (AvgIpc) is 2.64.